The Morgan fingerprint density at radius 3 is 1.60 bits per heavy atom. The molecule has 7 nitrogen and oxygen atoms in total. The number of esters is 2. The van der Waals surface area contributed by atoms with Gasteiger partial charge >= 0.3 is 35.0 Å². The first kappa shape index (κ1) is 23.8. The second-order valence-electron chi connectivity index (χ2n) is 6.21. The number of carbonyl (C=O) groups excluding carboxylic acids is 2. The molecule has 0 saturated heterocycles. The summed E-state index contributed by atoms with van der Waals surface area (Å²) in [7, 11) is -4.59. The minimum absolute atomic E-state index is 0. The van der Waals surface area contributed by atoms with Crippen molar-refractivity contribution in [3.8, 4) is 0 Å². The average Bonchev–Trinajstić information content (AvgIpc) is 2.48. The van der Waals surface area contributed by atoms with Gasteiger partial charge in [0.05, 0.1) is 29.2 Å². The van der Waals surface area contributed by atoms with Crippen LogP contribution < -0.4 is 0 Å². The van der Waals surface area contributed by atoms with Crippen LogP contribution in [-0.2, 0) is 19.6 Å². The molecular weight excluding hydrogens is 361 g/mol. The van der Waals surface area contributed by atoms with Gasteiger partial charge in [0.1, 0.15) is 0 Å². The zero-order valence-corrected chi connectivity index (χ0v) is 17.0. The van der Waals surface area contributed by atoms with Gasteiger partial charge in [0.2, 0.25) is 0 Å². The molecule has 1 N–H and O–H groups in total. The van der Waals surface area contributed by atoms with E-state index >= 15 is 0 Å². The predicted octanol–water partition coefficient (Wildman–Crippen LogP) is 2.40. The van der Waals surface area contributed by atoms with Crippen LogP contribution in [0.25, 0.3) is 0 Å². The van der Waals surface area contributed by atoms with Crippen LogP contribution in [0.5, 0.6) is 0 Å². The second-order valence-corrected chi connectivity index (χ2v) is 7.63. The zero-order chi connectivity index (χ0) is 18.5. The molecule has 0 atom stereocenters. The number of ether oxygens (including phenoxy) is 2. The van der Waals surface area contributed by atoms with Crippen molar-refractivity contribution in [3.05, 3.63) is 29.3 Å². The normalized spacial score (nSPS) is 11.2. The summed E-state index contributed by atoms with van der Waals surface area (Å²) in [6.45, 7) is 7.66. The minimum atomic E-state index is -4.59. The first-order valence-electron chi connectivity index (χ1n) is 7.47. The molecule has 0 saturated carbocycles. The van der Waals surface area contributed by atoms with E-state index in [1.807, 2.05) is 27.7 Å². The fourth-order valence-electron chi connectivity index (χ4n) is 1.64. The quantitative estimate of drug-likeness (QED) is 0.437. The molecule has 0 bridgehead atoms. The van der Waals surface area contributed by atoms with Crippen molar-refractivity contribution < 1.29 is 34.9 Å². The monoisotopic (exact) mass is 384 g/mol. The van der Waals surface area contributed by atoms with E-state index in [-0.39, 0.29) is 62.1 Å². The average molecular weight is 385 g/mol. The third kappa shape index (κ3) is 8.17. The summed E-state index contributed by atoms with van der Waals surface area (Å²) in [5.74, 6) is -1.39. The number of hydrogen-bond acceptors (Lipinski definition) is 6. The Labute approximate surface area is 166 Å². The van der Waals surface area contributed by atoms with E-state index in [1.165, 1.54) is 6.07 Å². The Balaban J connectivity index is -0.00000192. The Morgan fingerprint density at radius 1 is 0.960 bits per heavy atom. The molecule has 0 aliphatic heterocycles. The molecule has 1 aromatic carbocycles. The maximum atomic E-state index is 12.0. The molecule has 0 unspecified atom stereocenters. The Morgan fingerprint density at radius 2 is 1.32 bits per heavy atom. The van der Waals surface area contributed by atoms with Crippen LogP contribution >= 0.6 is 0 Å². The molecule has 0 spiro atoms. The maximum Gasteiger partial charge on any atom is 2.00 e. The van der Waals surface area contributed by atoms with Gasteiger partial charge < -0.3 is 12.3 Å². The topological polar surface area (TPSA) is 107 Å². The summed E-state index contributed by atoms with van der Waals surface area (Å²) < 4.78 is 42.0. The van der Waals surface area contributed by atoms with Crippen molar-refractivity contribution in [2.24, 2.45) is 11.8 Å². The smallest absolute Gasteiger partial charge is 1.00 e. The number of hydrogen-bond donors (Lipinski definition) is 1. The van der Waals surface area contributed by atoms with Crippen LogP contribution in [0.2, 0.25) is 0 Å². The van der Waals surface area contributed by atoms with Crippen LogP contribution in [0.1, 0.15) is 51.3 Å². The molecule has 9 heteroatoms. The van der Waals surface area contributed by atoms with Gasteiger partial charge in [-0.3, -0.25) is 4.55 Å². The summed E-state index contributed by atoms with van der Waals surface area (Å²) in [6, 6.07) is 3.09. The molecule has 0 aliphatic carbocycles. The summed E-state index contributed by atoms with van der Waals surface area (Å²) in [4.78, 5) is 23.5. The van der Waals surface area contributed by atoms with Crippen molar-refractivity contribution in [1.82, 2.24) is 0 Å². The molecule has 0 fully saturated rings. The van der Waals surface area contributed by atoms with Gasteiger partial charge in [-0.25, -0.2) is 9.59 Å². The number of carbonyl (C=O) groups is 2. The van der Waals surface area contributed by atoms with Crippen LogP contribution in [0.4, 0.5) is 0 Å². The largest absolute Gasteiger partial charge is 2.00 e. The van der Waals surface area contributed by atoms with E-state index in [1.54, 1.807) is 0 Å². The van der Waals surface area contributed by atoms with E-state index in [0.29, 0.717) is 0 Å². The molecule has 25 heavy (non-hydrogen) atoms. The Kier molecular flexibility index (Phi) is 9.63. The van der Waals surface area contributed by atoms with Crippen molar-refractivity contribution in [3.63, 3.8) is 0 Å². The summed E-state index contributed by atoms with van der Waals surface area (Å²) >= 11 is 0. The van der Waals surface area contributed by atoms with Gasteiger partial charge in [-0.15, -0.1) is 0 Å². The van der Waals surface area contributed by atoms with E-state index < -0.39 is 27.0 Å². The second kappa shape index (κ2) is 10.1. The molecule has 0 aliphatic rings. The molecule has 138 valence electrons. The maximum absolute atomic E-state index is 12.0. The third-order valence-electron chi connectivity index (χ3n) is 2.77. The van der Waals surface area contributed by atoms with Crippen LogP contribution in [0, 0.1) is 11.8 Å². The van der Waals surface area contributed by atoms with Crippen LogP contribution in [-0.4, -0.2) is 61.2 Å². The minimum Gasteiger partial charge on any atom is -1.00 e. The summed E-state index contributed by atoms with van der Waals surface area (Å²) in [5.41, 5.74) is -0.301. The van der Waals surface area contributed by atoms with Gasteiger partial charge in [-0.2, -0.15) is 8.42 Å². The summed E-state index contributed by atoms with van der Waals surface area (Å²) in [6.07, 6.45) is 0. The van der Waals surface area contributed by atoms with Crippen molar-refractivity contribution in [2.75, 3.05) is 13.2 Å². The summed E-state index contributed by atoms with van der Waals surface area (Å²) in [5, 5.41) is 0. The third-order valence-corrected chi connectivity index (χ3v) is 3.60. The van der Waals surface area contributed by atoms with E-state index in [0.717, 1.165) is 12.1 Å². The van der Waals surface area contributed by atoms with Crippen molar-refractivity contribution >= 4 is 45.1 Å². The van der Waals surface area contributed by atoms with Crippen LogP contribution in [0.3, 0.4) is 0 Å². The Bertz CT molecular complexity index is 679. The first-order valence-corrected chi connectivity index (χ1v) is 8.91. The standard InChI is InChI=1S/C16H22O7S.Mg.2H/c1-10(2)8-22-15(17)12-5-13(16(18)23-9-11(3)4)7-14(6-12)24(19,20)21;;;/h5-7,10-11H,8-9H2,1-4H3,(H,19,20,21);;;/q;+2;2*-1. The number of rotatable bonds is 7. The van der Waals surface area contributed by atoms with E-state index in [2.05, 4.69) is 0 Å². The van der Waals surface area contributed by atoms with Gasteiger partial charge in [0.15, 0.2) is 0 Å². The molecule has 0 aromatic heterocycles. The molecule has 1 aromatic rings. The molecular formula is C16H24MgO7S. The Hall–Kier alpha value is -1.16. The van der Waals surface area contributed by atoms with Gasteiger partial charge in [0.25, 0.3) is 10.1 Å². The predicted molar refractivity (Wildman–Crippen MR) is 94.5 cm³/mol. The SMILES string of the molecule is CC(C)COC(=O)c1cc(C(=O)OCC(C)C)cc(S(=O)(=O)O)c1.[H-].[H-].[Mg+2]. The van der Waals surface area contributed by atoms with Crippen molar-refractivity contribution in [2.45, 2.75) is 32.6 Å². The fraction of sp³-hybridized carbons (Fsp3) is 0.500. The molecule has 0 amide bonds. The molecule has 1 rings (SSSR count). The zero-order valence-electron chi connectivity index (χ0n) is 16.8. The van der Waals surface area contributed by atoms with Crippen molar-refractivity contribution in [1.29, 1.82) is 0 Å². The molecule has 0 heterocycles. The van der Waals surface area contributed by atoms with E-state index in [9.17, 15) is 22.6 Å². The first-order chi connectivity index (χ1) is 11.0. The van der Waals surface area contributed by atoms with E-state index in [4.69, 9.17) is 9.47 Å². The van der Waals surface area contributed by atoms with Crippen LogP contribution in [0.15, 0.2) is 23.1 Å². The van der Waals surface area contributed by atoms with Gasteiger partial charge in [-0.1, -0.05) is 27.7 Å². The molecule has 0 radical (unpaired) electrons. The van der Waals surface area contributed by atoms with Gasteiger partial charge in [-0.05, 0) is 30.0 Å². The fourth-order valence-corrected chi connectivity index (χ4v) is 2.19. The van der Waals surface area contributed by atoms with Gasteiger partial charge in [0, 0.05) is 0 Å². The number of benzene rings is 1.